The van der Waals surface area contributed by atoms with E-state index < -0.39 is 5.79 Å². The summed E-state index contributed by atoms with van der Waals surface area (Å²) in [4.78, 5) is 11.5. The summed E-state index contributed by atoms with van der Waals surface area (Å²) in [5.41, 5.74) is 0.464. The van der Waals surface area contributed by atoms with Crippen molar-refractivity contribution in [2.75, 3.05) is 20.3 Å². The zero-order valence-electron chi connectivity index (χ0n) is 12.3. The van der Waals surface area contributed by atoms with Crippen LogP contribution in [0, 0.1) is 6.92 Å². The smallest absolute Gasteiger partial charge is 0.341 e. The number of aryl methyl sites for hydroxylation is 1. The van der Waals surface area contributed by atoms with Crippen LogP contribution in [0.4, 0.5) is 0 Å². The van der Waals surface area contributed by atoms with Gasteiger partial charge >= 0.3 is 5.97 Å². The van der Waals surface area contributed by atoms with E-state index in [4.69, 9.17) is 13.9 Å². The van der Waals surface area contributed by atoms with Gasteiger partial charge in [0.05, 0.1) is 26.4 Å². The van der Waals surface area contributed by atoms with Crippen molar-refractivity contribution in [1.82, 2.24) is 5.32 Å². The SMILES string of the molecule is COC(=O)c1cc(CNCC2COC(C)(C)O2)oc1C. The van der Waals surface area contributed by atoms with Crippen molar-refractivity contribution in [2.24, 2.45) is 0 Å². The number of hydrogen-bond donors (Lipinski definition) is 1. The lowest BCUT2D eigenvalue weighted by Gasteiger charge is -2.17. The molecule has 6 heteroatoms. The highest BCUT2D eigenvalue weighted by atomic mass is 16.7. The van der Waals surface area contributed by atoms with E-state index >= 15 is 0 Å². The Kier molecular flexibility index (Phi) is 4.47. The summed E-state index contributed by atoms with van der Waals surface area (Å²) >= 11 is 0. The molecule has 6 nitrogen and oxygen atoms in total. The van der Waals surface area contributed by atoms with Crippen molar-refractivity contribution in [1.29, 1.82) is 0 Å². The lowest BCUT2D eigenvalue weighted by molar-refractivity contribution is -0.137. The summed E-state index contributed by atoms with van der Waals surface area (Å²) in [7, 11) is 1.35. The summed E-state index contributed by atoms with van der Waals surface area (Å²) < 4.78 is 21.4. The van der Waals surface area contributed by atoms with Crippen molar-refractivity contribution in [3.05, 3.63) is 23.2 Å². The molecule has 2 heterocycles. The monoisotopic (exact) mass is 283 g/mol. The second-order valence-corrected chi connectivity index (χ2v) is 5.26. The molecule has 1 aliphatic heterocycles. The highest BCUT2D eigenvalue weighted by Crippen LogP contribution is 2.22. The van der Waals surface area contributed by atoms with Crippen LogP contribution >= 0.6 is 0 Å². The predicted octanol–water partition coefficient (Wildman–Crippen LogP) is 1.62. The predicted molar refractivity (Wildman–Crippen MR) is 71.4 cm³/mol. The van der Waals surface area contributed by atoms with Crippen LogP contribution in [0.3, 0.4) is 0 Å². The maximum Gasteiger partial charge on any atom is 0.341 e. The fraction of sp³-hybridized carbons (Fsp3) is 0.643. The van der Waals surface area contributed by atoms with E-state index in [9.17, 15) is 4.79 Å². The van der Waals surface area contributed by atoms with E-state index in [2.05, 4.69) is 10.1 Å². The van der Waals surface area contributed by atoms with Crippen LogP contribution in [0.1, 0.15) is 35.7 Å². The fourth-order valence-electron chi connectivity index (χ4n) is 2.16. The molecule has 1 aliphatic rings. The quantitative estimate of drug-likeness (QED) is 0.828. The minimum Gasteiger partial charge on any atom is -0.465 e. The number of furan rings is 1. The third-order valence-corrected chi connectivity index (χ3v) is 3.11. The van der Waals surface area contributed by atoms with Crippen molar-refractivity contribution in [3.8, 4) is 0 Å². The van der Waals surface area contributed by atoms with E-state index in [0.29, 0.717) is 36.8 Å². The normalized spacial score (nSPS) is 21.1. The lowest BCUT2D eigenvalue weighted by Crippen LogP contribution is -2.30. The molecule has 1 fully saturated rings. The Balaban J connectivity index is 1.82. The number of carbonyl (C=O) groups is 1. The Labute approximate surface area is 118 Å². The van der Waals surface area contributed by atoms with Crippen molar-refractivity contribution in [3.63, 3.8) is 0 Å². The Morgan fingerprint density at radius 3 is 2.90 bits per heavy atom. The van der Waals surface area contributed by atoms with Gasteiger partial charge in [-0.15, -0.1) is 0 Å². The first-order valence-corrected chi connectivity index (χ1v) is 6.61. The molecule has 2 rings (SSSR count). The second-order valence-electron chi connectivity index (χ2n) is 5.26. The van der Waals surface area contributed by atoms with E-state index in [-0.39, 0.29) is 12.1 Å². The Morgan fingerprint density at radius 1 is 1.55 bits per heavy atom. The molecule has 1 unspecified atom stereocenters. The molecule has 112 valence electrons. The van der Waals surface area contributed by atoms with E-state index in [1.54, 1.807) is 13.0 Å². The number of ether oxygens (including phenoxy) is 3. The minimum atomic E-state index is -0.508. The van der Waals surface area contributed by atoms with Crippen LogP contribution in [0.2, 0.25) is 0 Å². The molecule has 0 spiro atoms. The Bertz CT molecular complexity index is 480. The van der Waals surface area contributed by atoms with Gasteiger partial charge < -0.3 is 23.9 Å². The van der Waals surface area contributed by atoms with Crippen LogP contribution < -0.4 is 5.32 Å². The van der Waals surface area contributed by atoms with Gasteiger partial charge in [-0.25, -0.2) is 4.79 Å². The van der Waals surface area contributed by atoms with Crippen LogP contribution in [-0.2, 0) is 20.8 Å². The van der Waals surface area contributed by atoms with Gasteiger partial charge in [-0.1, -0.05) is 0 Å². The summed E-state index contributed by atoms with van der Waals surface area (Å²) in [6.07, 6.45) is 0.0288. The first kappa shape index (κ1) is 15.0. The molecule has 1 N–H and O–H groups in total. The molecule has 1 aromatic rings. The van der Waals surface area contributed by atoms with Crippen molar-refractivity contribution in [2.45, 2.75) is 39.2 Å². The highest BCUT2D eigenvalue weighted by molar-refractivity contribution is 5.90. The number of rotatable bonds is 5. The van der Waals surface area contributed by atoms with Gasteiger partial charge in [0.25, 0.3) is 0 Å². The minimum absolute atomic E-state index is 0.0288. The highest BCUT2D eigenvalue weighted by Gasteiger charge is 2.32. The van der Waals surface area contributed by atoms with Gasteiger partial charge in [-0.2, -0.15) is 0 Å². The third kappa shape index (κ3) is 3.59. The number of esters is 1. The largest absolute Gasteiger partial charge is 0.465 e. The molecule has 1 aromatic heterocycles. The summed E-state index contributed by atoms with van der Waals surface area (Å²) in [5.74, 6) is 0.370. The van der Waals surface area contributed by atoms with Crippen LogP contribution in [0.25, 0.3) is 0 Å². The summed E-state index contributed by atoms with van der Waals surface area (Å²) in [5, 5.41) is 3.23. The van der Waals surface area contributed by atoms with Crippen LogP contribution in [0.5, 0.6) is 0 Å². The fourth-order valence-corrected chi connectivity index (χ4v) is 2.16. The Morgan fingerprint density at radius 2 is 2.30 bits per heavy atom. The van der Waals surface area contributed by atoms with Gasteiger partial charge in [0.2, 0.25) is 0 Å². The average molecular weight is 283 g/mol. The van der Waals surface area contributed by atoms with Crippen molar-refractivity contribution < 1.29 is 23.4 Å². The maximum absolute atomic E-state index is 11.5. The molecule has 1 saturated heterocycles. The lowest BCUT2D eigenvalue weighted by atomic mass is 10.2. The number of hydrogen-bond acceptors (Lipinski definition) is 6. The zero-order valence-corrected chi connectivity index (χ0v) is 12.3. The van der Waals surface area contributed by atoms with Gasteiger partial charge in [0.15, 0.2) is 5.79 Å². The van der Waals surface area contributed by atoms with Gasteiger partial charge in [0, 0.05) is 6.54 Å². The number of methoxy groups -OCH3 is 1. The molecule has 0 saturated carbocycles. The molecule has 0 bridgehead atoms. The standard InChI is InChI=1S/C14H21NO5/c1-9-12(13(16)17-4)5-10(19-9)6-15-7-11-8-18-14(2,3)20-11/h5,11,15H,6-8H2,1-4H3. The van der Waals surface area contributed by atoms with Gasteiger partial charge in [-0.05, 0) is 26.8 Å². The first-order valence-electron chi connectivity index (χ1n) is 6.61. The number of nitrogens with one attached hydrogen (secondary N) is 1. The maximum atomic E-state index is 11.5. The Hall–Kier alpha value is -1.37. The van der Waals surface area contributed by atoms with E-state index in [1.165, 1.54) is 7.11 Å². The third-order valence-electron chi connectivity index (χ3n) is 3.11. The molecule has 1 atom stereocenters. The molecule has 0 radical (unpaired) electrons. The topological polar surface area (TPSA) is 69.9 Å². The van der Waals surface area contributed by atoms with Crippen LogP contribution in [0.15, 0.2) is 10.5 Å². The first-order chi connectivity index (χ1) is 9.41. The molecule has 0 amide bonds. The van der Waals surface area contributed by atoms with E-state index in [0.717, 1.165) is 0 Å². The molecular formula is C14H21NO5. The molecule has 0 aromatic carbocycles. The second kappa shape index (κ2) is 5.95. The van der Waals surface area contributed by atoms with E-state index in [1.807, 2.05) is 13.8 Å². The zero-order chi connectivity index (χ0) is 14.8. The molecular weight excluding hydrogens is 262 g/mol. The number of carbonyl (C=O) groups excluding carboxylic acids is 1. The summed E-state index contributed by atoms with van der Waals surface area (Å²) in [6.45, 7) is 7.29. The summed E-state index contributed by atoms with van der Waals surface area (Å²) in [6, 6.07) is 1.70. The average Bonchev–Trinajstić information content (AvgIpc) is 2.92. The van der Waals surface area contributed by atoms with Gasteiger partial charge in [-0.3, -0.25) is 0 Å². The van der Waals surface area contributed by atoms with Crippen molar-refractivity contribution >= 4 is 5.97 Å². The molecule has 20 heavy (non-hydrogen) atoms. The molecule has 0 aliphatic carbocycles. The van der Waals surface area contributed by atoms with Crippen LogP contribution in [-0.4, -0.2) is 38.1 Å². The van der Waals surface area contributed by atoms with Gasteiger partial charge in [0.1, 0.15) is 17.1 Å².